The van der Waals surface area contributed by atoms with Gasteiger partial charge in [-0.05, 0) is 37.7 Å². The lowest BCUT2D eigenvalue weighted by Crippen LogP contribution is -2.08. The molecular formula is C13H12F2N2O3S. The topological polar surface area (TPSA) is 65.2 Å². The van der Waals surface area contributed by atoms with Crippen molar-refractivity contribution in [1.82, 2.24) is 10.1 Å². The van der Waals surface area contributed by atoms with Gasteiger partial charge in [0.15, 0.2) is 0 Å². The number of ether oxygens (including phenoxy) is 1. The highest BCUT2D eigenvalue weighted by Crippen LogP contribution is 2.27. The van der Waals surface area contributed by atoms with E-state index in [1.807, 2.05) is 0 Å². The monoisotopic (exact) mass is 314 g/mol. The van der Waals surface area contributed by atoms with Crippen molar-refractivity contribution in [3.05, 3.63) is 40.9 Å². The molecule has 2 aromatic heterocycles. The molecule has 112 valence electrons. The number of nitrogens with zero attached hydrogens (tertiary/aromatic N) is 2. The maximum absolute atomic E-state index is 12.4. The lowest BCUT2D eigenvalue weighted by molar-refractivity contribution is 0.0465. The minimum absolute atomic E-state index is 0.00885. The highest BCUT2D eigenvalue weighted by Gasteiger charge is 2.19. The maximum atomic E-state index is 12.4. The molecule has 0 saturated carbocycles. The first-order valence-corrected chi connectivity index (χ1v) is 6.85. The van der Waals surface area contributed by atoms with Crippen LogP contribution < -0.4 is 0 Å². The first-order chi connectivity index (χ1) is 9.99. The Bertz CT molecular complexity index is 627. The third-order valence-corrected chi connectivity index (χ3v) is 3.45. The van der Waals surface area contributed by atoms with Gasteiger partial charge in [-0.2, -0.15) is 8.78 Å². The molecule has 0 aromatic carbocycles. The van der Waals surface area contributed by atoms with E-state index in [4.69, 9.17) is 9.26 Å². The van der Waals surface area contributed by atoms with E-state index >= 15 is 0 Å². The van der Waals surface area contributed by atoms with Gasteiger partial charge in [-0.15, -0.1) is 0 Å². The van der Waals surface area contributed by atoms with Crippen LogP contribution in [0.25, 0.3) is 0 Å². The van der Waals surface area contributed by atoms with Gasteiger partial charge in [-0.1, -0.05) is 5.16 Å². The summed E-state index contributed by atoms with van der Waals surface area (Å²) in [7, 11) is 0. The highest BCUT2D eigenvalue weighted by molar-refractivity contribution is 7.99. The normalized spacial score (nSPS) is 10.9. The van der Waals surface area contributed by atoms with Crippen LogP contribution in [0, 0.1) is 13.8 Å². The van der Waals surface area contributed by atoms with Crippen molar-refractivity contribution in [2.45, 2.75) is 31.2 Å². The largest absolute Gasteiger partial charge is 0.457 e. The Hall–Kier alpha value is -1.96. The number of hydrogen-bond acceptors (Lipinski definition) is 6. The van der Waals surface area contributed by atoms with Gasteiger partial charge < -0.3 is 9.26 Å². The Morgan fingerprint density at radius 3 is 2.86 bits per heavy atom. The molecule has 0 aliphatic heterocycles. The van der Waals surface area contributed by atoms with Crippen molar-refractivity contribution in [2.75, 3.05) is 0 Å². The third kappa shape index (κ3) is 3.78. The van der Waals surface area contributed by atoms with Gasteiger partial charge in [-0.3, -0.25) is 0 Å². The molecule has 0 saturated heterocycles. The van der Waals surface area contributed by atoms with Gasteiger partial charge in [0.2, 0.25) is 0 Å². The van der Waals surface area contributed by atoms with E-state index in [-0.39, 0.29) is 29.0 Å². The molecule has 2 heterocycles. The van der Waals surface area contributed by atoms with Crippen LogP contribution in [-0.2, 0) is 11.3 Å². The summed E-state index contributed by atoms with van der Waals surface area (Å²) in [5.41, 5.74) is 1.29. The standard InChI is InChI=1S/C13H12F2N2O3S/c1-7-10(8(2)20-17-7)6-19-12(18)9-4-3-5-16-11(9)21-13(14)15/h3-5,13H,6H2,1-2H3. The van der Waals surface area contributed by atoms with Crippen molar-refractivity contribution in [2.24, 2.45) is 0 Å². The Balaban J connectivity index is 2.10. The second-order valence-electron chi connectivity index (χ2n) is 4.11. The van der Waals surface area contributed by atoms with E-state index in [1.54, 1.807) is 13.8 Å². The number of hydrogen-bond donors (Lipinski definition) is 0. The van der Waals surface area contributed by atoms with Gasteiger partial charge in [0.1, 0.15) is 17.4 Å². The Morgan fingerprint density at radius 1 is 1.48 bits per heavy atom. The molecule has 0 unspecified atom stereocenters. The fourth-order valence-electron chi connectivity index (χ4n) is 1.65. The molecule has 0 bridgehead atoms. The van der Waals surface area contributed by atoms with Crippen molar-refractivity contribution < 1.29 is 22.8 Å². The lowest BCUT2D eigenvalue weighted by atomic mass is 10.2. The van der Waals surface area contributed by atoms with Crippen LogP contribution >= 0.6 is 11.8 Å². The van der Waals surface area contributed by atoms with Crippen molar-refractivity contribution in [3.8, 4) is 0 Å². The Labute approximate surface area is 123 Å². The predicted molar refractivity (Wildman–Crippen MR) is 71.2 cm³/mol. The zero-order chi connectivity index (χ0) is 15.4. The summed E-state index contributed by atoms with van der Waals surface area (Å²) in [5, 5.41) is 3.68. The summed E-state index contributed by atoms with van der Waals surface area (Å²) in [6.45, 7) is 3.39. The number of pyridine rings is 1. The Kier molecular flexibility index (Phi) is 4.89. The van der Waals surface area contributed by atoms with Crippen molar-refractivity contribution >= 4 is 17.7 Å². The van der Waals surface area contributed by atoms with E-state index in [0.717, 1.165) is 0 Å². The van der Waals surface area contributed by atoms with Crippen LogP contribution in [0.5, 0.6) is 0 Å². The van der Waals surface area contributed by atoms with Crippen molar-refractivity contribution in [1.29, 1.82) is 0 Å². The summed E-state index contributed by atoms with van der Waals surface area (Å²) in [4.78, 5) is 15.8. The summed E-state index contributed by atoms with van der Waals surface area (Å²) in [5.74, 6) is -2.83. The predicted octanol–water partition coefficient (Wildman–Crippen LogP) is 3.36. The second-order valence-corrected chi connectivity index (χ2v) is 5.09. The van der Waals surface area contributed by atoms with Crippen LogP contribution in [-0.4, -0.2) is 21.9 Å². The molecule has 5 nitrogen and oxygen atoms in total. The van der Waals surface area contributed by atoms with Crippen molar-refractivity contribution in [3.63, 3.8) is 0 Å². The number of aromatic nitrogens is 2. The molecule has 0 aliphatic carbocycles. The molecule has 21 heavy (non-hydrogen) atoms. The van der Waals surface area contributed by atoms with E-state index in [0.29, 0.717) is 17.0 Å². The van der Waals surface area contributed by atoms with Gasteiger partial charge in [0, 0.05) is 6.20 Å². The van der Waals surface area contributed by atoms with Crippen LogP contribution in [0.4, 0.5) is 8.78 Å². The smallest absolute Gasteiger partial charge is 0.341 e. The first kappa shape index (κ1) is 15.4. The summed E-state index contributed by atoms with van der Waals surface area (Å²) in [6, 6.07) is 2.88. The second kappa shape index (κ2) is 6.66. The SMILES string of the molecule is Cc1noc(C)c1COC(=O)c1cccnc1SC(F)F. The number of carbonyl (C=O) groups excluding carboxylic acids is 1. The number of alkyl halides is 2. The molecule has 0 spiro atoms. The average Bonchev–Trinajstić information content (AvgIpc) is 2.75. The van der Waals surface area contributed by atoms with Gasteiger partial charge >= 0.3 is 5.97 Å². The van der Waals surface area contributed by atoms with E-state index in [2.05, 4.69) is 10.1 Å². The molecule has 0 atom stereocenters. The molecule has 0 amide bonds. The highest BCUT2D eigenvalue weighted by atomic mass is 32.2. The van der Waals surface area contributed by atoms with Crippen LogP contribution in [0.3, 0.4) is 0 Å². The molecule has 0 aliphatic rings. The quantitative estimate of drug-likeness (QED) is 0.623. The van der Waals surface area contributed by atoms with Gasteiger partial charge in [-0.25, -0.2) is 9.78 Å². The molecule has 0 fully saturated rings. The van der Waals surface area contributed by atoms with Crippen LogP contribution in [0.2, 0.25) is 0 Å². The summed E-state index contributed by atoms with van der Waals surface area (Å²) < 4.78 is 34.9. The fourth-order valence-corrected chi connectivity index (χ4v) is 2.22. The number of halogens is 2. The number of thioether (sulfide) groups is 1. The number of rotatable bonds is 5. The van der Waals surface area contributed by atoms with Gasteiger partial charge in [0.25, 0.3) is 5.76 Å². The van der Waals surface area contributed by atoms with E-state index in [1.165, 1.54) is 18.3 Å². The zero-order valence-corrected chi connectivity index (χ0v) is 12.1. The molecule has 2 rings (SSSR count). The lowest BCUT2D eigenvalue weighted by Gasteiger charge is -2.07. The summed E-state index contributed by atoms with van der Waals surface area (Å²) >= 11 is 0.207. The number of aryl methyl sites for hydroxylation is 2. The van der Waals surface area contributed by atoms with E-state index < -0.39 is 11.7 Å². The minimum atomic E-state index is -2.66. The third-order valence-electron chi connectivity index (χ3n) is 2.72. The molecule has 0 radical (unpaired) electrons. The average molecular weight is 314 g/mol. The number of esters is 1. The molecule has 2 aromatic rings. The molecule has 8 heteroatoms. The van der Waals surface area contributed by atoms with Gasteiger partial charge in [0.05, 0.1) is 16.8 Å². The molecular weight excluding hydrogens is 302 g/mol. The first-order valence-electron chi connectivity index (χ1n) is 5.97. The van der Waals surface area contributed by atoms with E-state index in [9.17, 15) is 13.6 Å². The van der Waals surface area contributed by atoms with Crippen LogP contribution in [0.15, 0.2) is 27.9 Å². The molecule has 0 N–H and O–H groups in total. The van der Waals surface area contributed by atoms with Crippen LogP contribution in [0.1, 0.15) is 27.4 Å². The maximum Gasteiger partial charge on any atom is 0.341 e. The Morgan fingerprint density at radius 2 is 2.24 bits per heavy atom. The number of carbonyl (C=O) groups is 1. The minimum Gasteiger partial charge on any atom is -0.457 e. The zero-order valence-electron chi connectivity index (χ0n) is 11.3. The summed E-state index contributed by atoms with van der Waals surface area (Å²) in [6.07, 6.45) is 1.34. The fraction of sp³-hybridized carbons (Fsp3) is 0.308.